The van der Waals surface area contributed by atoms with Crippen molar-refractivity contribution < 1.29 is 4.42 Å². The fraction of sp³-hybridized carbons (Fsp3) is 0. The van der Waals surface area contributed by atoms with Gasteiger partial charge in [-0.15, -0.1) is 0 Å². The van der Waals surface area contributed by atoms with E-state index in [-0.39, 0.29) is 0 Å². The van der Waals surface area contributed by atoms with Gasteiger partial charge in [0.15, 0.2) is 0 Å². The maximum absolute atomic E-state index is 6.41. The SMILES string of the molecule is c1ccc(-c2ccc3cc(N(c4ccccc4)c4ccc5c(c4)c(-c4ccccc4)cc4oc6ccccc6c45)ccc3c2)cc1. The molecule has 8 aromatic carbocycles. The Balaban J connectivity index is 1.26. The summed E-state index contributed by atoms with van der Waals surface area (Å²) in [5, 5.41) is 7.09. The van der Waals surface area contributed by atoms with E-state index in [4.69, 9.17) is 4.42 Å². The molecule has 0 amide bonds. The summed E-state index contributed by atoms with van der Waals surface area (Å²) in [4.78, 5) is 2.36. The van der Waals surface area contributed by atoms with Crippen LogP contribution in [0, 0.1) is 0 Å². The molecule has 0 saturated heterocycles. The maximum atomic E-state index is 6.41. The highest BCUT2D eigenvalue weighted by atomic mass is 16.3. The third-order valence-corrected chi connectivity index (χ3v) is 9.01. The molecule has 2 nitrogen and oxygen atoms in total. The zero-order valence-electron chi connectivity index (χ0n) is 25.1. The molecule has 46 heavy (non-hydrogen) atoms. The highest BCUT2D eigenvalue weighted by molar-refractivity contribution is 6.22. The first-order chi connectivity index (χ1) is 22.8. The molecular formula is C44H29NO. The smallest absolute Gasteiger partial charge is 0.136 e. The monoisotopic (exact) mass is 587 g/mol. The molecular weight excluding hydrogens is 558 g/mol. The Kier molecular flexibility index (Phi) is 6.17. The van der Waals surface area contributed by atoms with Gasteiger partial charge in [0.25, 0.3) is 0 Å². The molecule has 0 radical (unpaired) electrons. The summed E-state index contributed by atoms with van der Waals surface area (Å²) in [6.07, 6.45) is 0. The van der Waals surface area contributed by atoms with E-state index < -0.39 is 0 Å². The Morgan fingerprint density at radius 1 is 0.348 bits per heavy atom. The number of fused-ring (bicyclic) bond motifs is 6. The van der Waals surface area contributed by atoms with Gasteiger partial charge in [-0.25, -0.2) is 0 Å². The molecule has 0 unspecified atom stereocenters. The number of benzene rings is 8. The van der Waals surface area contributed by atoms with Crippen LogP contribution in [0.25, 0.3) is 65.7 Å². The van der Waals surface area contributed by atoms with Crippen LogP contribution in [0.15, 0.2) is 180 Å². The van der Waals surface area contributed by atoms with E-state index in [9.17, 15) is 0 Å². The van der Waals surface area contributed by atoms with Crippen molar-refractivity contribution in [2.75, 3.05) is 4.90 Å². The van der Waals surface area contributed by atoms with Crippen molar-refractivity contribution in [3.05, 3.63) is 176 Å². The molecule has 0 atom stereocenters. The Morgan fingerprint density at radius 3 is 1.78 bits per heavy atom. The third kappa shape index (κ3) is 4.43. The highest BCUT2D eigenvalue weighted by Gasteiger charge is 2.19. The summed E-state index contributed by atoms with van der Waals surface area (Å²) in [6.45, 7) is 0. The fourth-order valence-corrected chi connectivity index (χ4v) is 6.83. The first-order valence-corrected chi connectivity index (χ1v) is 15.7. The van der Waals surface area contributed by atoms with Gasteiger partial charge in [-0.2, -0.15) is 0 Å². The van der Waals surface area contributed by atoms with E-state index in [1.54, 1.807) is 0 Å². The van der Waals surface area contributed by atoms with Gasteiger partial charge in [0.05, 0.1) is 0 Å². The second-order valence-corrected chi connectivity index (χ2v) is 11.8. The lowest BCUT2D eigenvalue weighted by atomic mass is 9.94. The van der Waals surface area contributed by atoms with Crippen molar-refractivity contribution in [3.8, 4) is 22.3 Å². The second kappa shape index (κ2) is 10.8. The van der Waals surface area contributed by atoms with Crippen molar-refractivity contribution in [1.82, 2.24) is 0 Å². The van der Waals surface area contributed by atoms with Gasteiger partial charge in [0.2, 0.25) is 0 Å². The fourth-order valence-electron chi connectivity index (χ4n) is 6.83. The summed E-state index contributed by atoms with van der Waals surface area (Å²) in [5.41, 5.74) is 9.91. The Labute approximate surface area is 267 Å². The molecule has 0 saturated carbocycles. The predicted molar refractivity (Wildman–Crippen MR) is 194 cm³/mol. The molecule has 0 bridgehead atoms. The average Bonchev–Trinajstić information content (AvgIpc) is 3.51. The summed E-state index contributed by atoms with van der Waals surface area (Å²) in [5.74, 6) is 0. The summed E-state index contributed by atoms with van der Waals surface area (Å²) < 4.78 is 6.41. The van der Waals surface area contributed by atoms with Gasteiger partial charge >= 0.3 is 0 Å². The second-order valence-electron chi connectivity index (χ2n) is 11.8. The van der Waals surface area contributed by atoms with Gasteiger partial charge in [0, 0.05) is 27.8 Å². The van der Waals surface area contributed by atoms with Crippen molar-refractivity contribution in [3.63, 3.8) is 0 Å². The number of para-hydroxylation sites is 2. The minimum atomic E-state index is 0.907. The number of nitrogens with zero attached hydrogens (tertiary/aromatic N) is 1. The lowest BCUT2D eigenvalue weighted by Crippen LogP contribution is -2.09. The highest BCUT2D eigenvalue weighted by Crippen LogP contribution is 2.44. The predicted octanol–water partition coefficient (Wildman–Crippen LogP) is 12.7. The van der Waals surface area contributed by atoms with Crippen LogP contribution in [0.1, 0.15) is 0 Å². The first kappa shape index (κ1) is 26.3. The summed E-state index contributed by atoms with van der Waals surface area (Å²) in [6, 6.07) is 62.7. The van der Waals surface area contributed by atoms with Gasteiger partial charge in [-0.1, -0.05) is 121 Å². The molecule has 0 aliphatic carbocycles. The van der Waals surface area contributed by atoms with Crippen LogP contribution in [0.4, 0.5) is 17.1 Å². The molecule has 0 N–H and O–H groups in total. The molecule has 216 valence electrons. The molecule has 9 aromatic rings. The van der Waals surface area contributed by atoms with E-state index in [0.717, 1.165) is 50.1 Å². The van der Waals surface area contributed by atoms with Crippen LogP contribution in [0.5, 0.6) is 0 Å². The van der Waals surface area contributed by atoms with Crippen LogP contribution in [-0.2, 0) is 0 Å². The molecule has 0 aliphatic heterocycles. The van der Waals surface area contributed by atoms with Crippen LogP contribution < -0.4 is 4.90 Å². The topological polar surface area (TPSA) is 16.4 Å². The van der Waals surface area contributed by atoms with Crippen molar-refractivity contribution in [2.24, 2.45) is 0 Å². The van der Waals surface area contributed by atoms with E-state index in [1.807, 2.05) is 6.07 Å². The van der Waals surface area contributed by atoms with Crippen molar-refractivity contribution in [2.45, 2.75) is 0 Å². The molecule has 1 heterocycles. The largest absolute Gasteiger partial charge is 0.456 e. The number of anilines is 3. The van der Waals surface area contributed by atoms with E-state index in [2.05, 4.69) is 175 Å². The van der Waals surface area contributed by atoms with Crippen LogP contribution in [-0.4, -0.2) is 0 Å². The Morgan fingerprint density at radius 2 is 0.978 bits per heavy atom. The zero-order valence-corrected chi connectivity index (χ0v) is 25.1. The number of hydrogen-bond acceptors (Lipinski definition) is 2. The lowest BCUT2D eigenvalue weighted by molar-refractivity contribution is 0.669. The van der Waals surface area contributed by atoms with Gasteiger partial charge in [0.1, 0.15) is 11.2 Å². The van der Waals surface area contributed by atoms with Crippen molar-refractivity contribution in [1.29, 1.82) is 0 Å². The minimum absolute atomic E-state index is 0.907. The Hall–Kier alpha value is -6.12. The number of rotatable bonds is 5. The quantitative estimate of drug-likeness (QED) is 0.199. The van der Waals surface area contributed by atoms with Gasteiger partial charge < -0.3 is 9.32 Å². The Bertz CT molecular complexity index is 2510. The number of furan rings is 1. The first-order valence-electron chi connectivity index (χ1n) is 15.7. The van der Waals surface area contributed by atoms with E-state index in [0.29, 0.717) is 0 Å². The normalized spacial score (nSPS) is 11.5. The van der Waals surface area contributed by atoms with E-state index in [1.165, 1.54) is 32.7 Å². The zero-order chi connectivity index (χ0) is 30.5. The third-order valence-electron chi connectivity index (χ3n) is 9.01. The summed E-state index contributed by atoms with van der Waals surface area (Å²) in [7, 11) is 0. The van der Waals surface area contributed by atoms with Crippen molar-refractivity contribution >= 4 is 60.5 Å². The van der Waals surface area contributed by atoms with Crippen LogP contribution in [0.3, 0.4) is 0 Å². The summed E-state index contributed by atoms with van der Waals surface area (Å²) >= 11 is 0. The standard InChI is InChI=1S/C44H29NO/c1-4-12-30(13-5-1)32-20-21-34-27-36(23-22-33(34)26-32)45(35-16-8-3-9-17-35)37-24-25-38-41(28-37)40(31-14-6-2-7-15-31)29-43-44(38)39-18-10-11-19-42(39)46-43/h1-29H. The number of hydrogen-bond donors (Lipinski definition) is 0. The lowest BCUT2D eigenvalue weighted by Gasteiger charge is -2.26. The van der Waals surface area contributed by atoms with E-state index >= 15 is 0 Å². The maximum Gasteiger partial charge on any atom is 0.136 e. The minimum Gasteiger partial charge on any atom is -0.456 e. The molecule has 0 fully saturated rings. The molecule has 0 spiro atoms. The van der Waals surface area contributed by atoms with Gasteiger partial charge in [-0.3, -0.25) is 0 Å². The molecule has 9 rings (SSSR count). The molecule has 0 aliphatic rings. The average molecular weight is 588 g/mol. The van der Waals surface area contributed by atoms with Crippen LogP contribution in [0.2, 0.25) is 0 Å². The van der Waals surface area contributed by atoms with Gasteiger partial charge in [-0.05, 0) is 98.4 Å². The molecule has 2 heteroatoms. The molecule has 1 aromatic heterocycles. The van der Waals surface area contributed by atoms with Crippen LogP contribution >= 0.6 is 0 Å².